The van der Waals surface area contributed by atoms with Gasteiger partial charge in [0.2, 0.25) is 0 Å². The first kappa shape index (κ1) is 24.4. The first-order valence-electron chi connectivity index (χ1n) is 7.92. The molecule has 0 fully saturated rings. The van der Waals surface area contributed by atoms with E-state index in [1.165, 1.54) is 6.07 Å². The molecule has 0 unspecified atom stereocenters. The first-order valence-corrected chi connectivity index (χ1v) is 8.45. The molecule has 2 rings (SSSR count). The van der Waals surface area contributed by atoms with Gasteiger partial charge in [-0.3, -0.25) is 14.2 Å². The Morgan fingerprint density at radius 1 is 1.23 bits per heavy atom. The van der Waals surface area contributed by atoms with Crippen LogP contribution in [0.15, 0.2) is 34.3 Å². The Balaban J connectivity index is 2.63. The van der Waals surface area contributed by atoms with Crippen molar-refractivity contribution in [2.75, 3.05) is 12.6 Å². The highest BCUT2D eigenvalue weighted by molar-refractivity contribution is 6.17. The molecule has 2 N–H and O–H groups in total. The number of alkyl halides is 9. The van der Waals surface area contributed by atoms with Gasteiger partial charge in [0.25, 0.3) is 5.56 Å². The number of aliphatic imine (C=N–C) groups is 1. The van der Waals surface area contributed by atoms with E-state index < -0.39 is 52.9 Å². The Kier molecular flexibility index (Phi) is 6.83. The van der Waals surface area contributed by atoms with Crippen LogP contribution in [0.1, 0.15) is 11.3 Å². The van der Waals surface area contributed by atoms with Gasteiger partial charge in [0.1, 0.15) is 17.9 Å². The number of ether oxygens (including phenoxy) is 1. The summed E-state index contributed by atoms with van der Waals surface area (Å²) in [4.78, 5) is 18.8. The molecule has 0 aliphatic heterocycles. The number of nitrogens with zero attached hydrogens (tertiary/aromatic N) is 3. The van der Waals surface area contributed by atoms with Gasteiger partial charge in [0.05, 0.1) is 5.56 Å². The van der Waals surface area contributed by atoms with Crippen LogP contribution in [0.3, 0.4) is 0 Å². The molecule has 170 valence electrons. The summed E-state index contributed by atoms with van der Waals surface area (Å²) in [5.41, 5.74) is -0.462. The number of rotatable bonds is 6. The largest absolute Gasteiger partial charge is 0.478 e. The normalized spacial score (nSPS) is 13.9. The van der Waals surface area contributed by atoms with Gasteiger partial charge in [-0.05, 0) is 6.07 Å². The highest BCUT2D eigenvalue weighted by Crippen LogP contribution is 2.36. The number of pyridine rings is 1. The zero-order valence-corrected chi connectivity index (χ0v) is 15.7. The van der Waals surface area contributed by atoms with E-state index in [2.05, 4.69) is 9.98 Å². The van der Waals surface area contributed by atoms with Gasteiger partial charge in [0, 0.05) is 30.3 Å². The lowest BCUT2D eigenvalue weighted by atomic mass is 10.1. The fourth-order valence-electron chi connectivity index (χ4n) is 2.28. The second-order valence-electron chi connectivity index (χ2n) is 5.78. The zero-order chi connectivity index (χ0) is 23.6. The predicted octanol–water partition coefficient (Wildman–Crippen LogP) is 3.86. The average Bonchev–Trinajstić information content (AvgIpc) is 2.64. The molecule has 0 amide bonds. The quantitative estimate of drug-likeness (QED) is 0.388. The maximum absolute atomic E-state index is 13.5. The van der Waals surface area contributed by atoms with Crippen LogP contribution in [-0.2, 0) is 6.18 Å². The summed E-state index contributed by atoms with van der Waals surface area (Å²) in [5, 5.41) is 0. The molecule has 2 aromatic heterocycles. The molecule has 0 aliphatic rings. The van der Waals surface area contributed by atoms with E-state index in [4.69, 9.17) is 22.1 Å². The number of aromatic nitrogens is 2. The van der Waals surface area contributed by atoms with Crippen molar-refractivity contribution in [2.45, 2.75) is 18.3 Å². The van der Waals surface area contributed by atoms with Crippen LogP contribution in [0, 0.1) is 0 Å². The Bertz CT molecular complexity index is 1080. The summed E-state index contributed by atoms with van der Waals surface area (Å²) in [6, 6.07) is 1.82. The summed E-state index contributed by atoms with van der Waals surface area (Å²) in [6.07, 6.45) is -9.53. The SMILES string of the molecule is NC=C(C=NCC(F)(F)C(F)(F)F)c1c(C(F)(F)F)nc2cc(OCCl)ccn2c1=O. The number of fused-ring (bicyclic) bond motifs is 1. The standard InChI is InChI=1S/C16H11ClF8N4O2/c17-7-31-9-1-2-29-10(3-9)28-12(15(20,21)22)11(13(29)30)8(4-26)5-27-6-14(18,19)16(23,24)25/h1-5H,6-7,26H2. The zero-order valence-electron chi connectivity index (χ0n) is 14.9. The molecule has 15 heteroatoms. The van der Waals surface area contributed by atoms with Gasteiger partial charge in [-0.25, -0.2) is 4.98 Å². The Hall–Kier alpha value is -2.90. The molecule has 0 bridgehead atoms. The molecule has 0 aliphatic carbocycles. The molecule has 0 radical (unpaired) electrons. The Morgan fingerprint density at radius 3 is 2.39 bits per heavy atom. The van der Waals surface area contributed by atoms with Gasteiger partial charge < -0.3 is 10.5 Å². The van der Waals surface area contributed by atoms with Crippen LogP contribution in [0.4, 0.5) is 35.1 Å². The third-order valence-electron chi connectivity index (χ3n) is 3.69. The van der Waals surface area contributed by atoms with E-state index in [1.54, 1.807) is 0 Å². The second kappa shape index (κ2) is 8.69. The van der Waals surface area contributed by atoms with Crippen LogP contribution in [0.5, 0.6) is 5.75 Å². The summed E-state index contributed by atoms with van der Waals surface area (Å²) in [5.74, 6) is -5.25. The molecule has 2 heterocycles. The predicted molar refractivity (Wildman–Crippen MR) is 94.3 cm³/mol. The summed E-state index contributed by atoms with van der Waals surface area (Å²) < 4.78 is 109. The van der Waals surface area contributed by atoms with E-state index in [0.717, 1.165) is 12.3 Å². The average molecular weight is 479 g/mol. The van der Waals surface area contributed by atoms with E-state index in [1.807, 2.05) is 0 Å². The Morgan fingerprint density at radius 2 is 1.87 bits per heavy atom. The second-order valence-corrected chi connectivity index (χ2v) is 5.99. The van der Waals surface area contributed by atoms with Crippen molar-refractivity contribution < 1.29 is 39.9 Å². The molecular formula is C16H11ClF8N4O2. The van der Waals surface area contributed by atoms with Crippen molar-refractivity contribution in [1.82, 2.24) is 9.38 Å². The summed E-state index contributed by atoms with van der Waals surface area (Å²) in [6.45, 7) is -2.13. The minimum absolute atomic E-state index is 0.00619. The van der Waals surface area contributed by atoms with E-state index in [0.29, 0.717) is 10.6 Å². The third kappa shape index (κ3) is 5.24. The van der Waals surface area contributed by atoms with Crippen LogP contribution >= 0.6 is 11.6 Å². The van der Waals surface area contributed by atoms with E-state index >= 15 is 0 Å². The van der Waals surface area contributed by atoms with Crippen molar-refractivity contribution in [1.29, 1.82) is 0 Å². The van der Waals surface area contributed by atoms with Crippen molar-refractivity contribution >= 4 is 29.0 Å². The van der Waals surface area contributed by atoms with Crippen LogP contribution in [-0.4, -0.2) is 40.3 Å². The number of allylic oxidation sites excluding steroid dienone is 1. The minimum atomic E-state index is -5.93. The fourth-order valence-corrected chi connectivity index (χ4v) is 2.40. The topological polar surface area (TPSA) is 82.0 Å². The first-order chi connectivity index (χ1) is 14.2. The maximum Gasteiger partial charge on any atom is 0.455 e. The molecule has 2 aromatic rings. The van der Waals surface area contributed by atoms with Crippen molar-refractivity contribution in [3.63, 3.8) is 0 Å². The Labute approximate surface area is 172 Å². The number of halogens is 9. The van der Waals surface area contributed by atoms with Crippen LogP contribution in [0.25, 0.3) is 11.2 Å². The fraction of sp³-hybridized carbons (Fsp3) is 0.312. The lowest BCUT2D eigenvalue weighted by Crippen LogP contribution is -2.39. The van der Waals surface area contributed by atoms with Gasteiger partial charge in [-0.15, -0.1) is 0 Å². The van der Waals surface area contributed by atoms with Crippen molar-refractivity contribution in [3.8, 4) is 5.75 Å². The highest BCUT2D eigenvalue weighted by atomic mass is 35.5. The van der Waals surface area contributed by atoms with Crippen LogP contribution in [0.2, 0.25) is 0 Å². The molecule has 0 saturated heterocycles. The smallest absolute Gasteiger partial charge is 0.455 e. The van der Waals surface area contributed by atoms with Gasteiger partial charge >= 0.3 is 18.3 Å². The molecule has 0 aromatic carbocycles. The van der Waals surface area contributed by atoms with Crippen molar-refractivity contribution in [2.24, 2.45) is 10.7 Å². The molecule has 6 nitrogen and oxygen atoms in total. The molecular weight excluding hydrogens is 468 g/mol. The van der Waals surface area contributed by atoms with Crippen LogP contribution < -0.4 is 16.0 Å². The summed E-state index contributed by atoms with van der Waals surface area (Å²) in [7, 11) is 0. The highest BCUT2D eigenvalue weighted by Gasteiger charge is 2.57. The van der Waals surface area contributed by atoms with E-state index in [9.17, 15) is 39.9 Å². The van der Waals surface area contributed by atoms with Gasteiger partial charge in [0.15, 0.2) is 11.8 Å². The molecule has 0 saturated carbocycles. The van der Waals surface area contributed by atoms with Gasteiger partial charge in [-0.2, -0.15) is 35.1 Å². The molecule has 0 spiro atoms. The summed E-state index contributed by atoms with van der Waals surface area (Å²) >= 11 is 5.37. The minimum Gasteiger partial charge on any atom is -0.478 e. The number of hydrogen-bond donors (Lipinski definition) is 1. The van der Waals surface area contributed by atoms with E-state index in [-0.39, 0.29) is 18.0 Å². The molecule has 0 atom stereocenters. The van der Waals surface area contributed by atoms with Crippen molar-refractivity contribution in [3.05, 3.63) is 46.1 Å². The maximum atomic E-state index is 13.5. The molecule has 31 heavy (non-hydrogen) atoms. The van der Waals surface area contributed by atoms with Gasteiger partial charge in [-0.1, -0.05) is 11.6 Å². The number of nitrogens with two attached hydrogens (primary N) is 1. The number of hydrogen-bond acceptors (Lipinski definition) is 5. The third-order valence-corrected chi connectivity index (χ3v) is 3.80. The lowest BCUT2D eigenvalue weighted by Gasteiger charge is -2.17. The lowest BCUT2D eigenvalue weighted by molar-refractivity contribution is -0.276. The monoisotopic (exact) mass is 478 g/mol.